The van der Waals surface area contributed by atoms with Crippen molar-refractivity contribution < 1.29 is 14.6 Å². The molecule has 5 nitrogen and oxygen atoms in total. The zero-order chi connectivity index (χ0) is 16.1. The van der Waals surface area contributed by atoms with Crippen LogP contribution < -0.4 is 10.6 Å². The third-order valence-electron chi connectivity index (χ3n) is 3.84. The molecule has 124 valence electrons. The normalized spacial score (nSPS) is 23.1. The monoisotopic (exact) mass is 300 g/mol. The second-order valence-electron chi connectivity index (χ2n) is 7.88. The molecule has 0 radical (unpaired) electrons. The number of amides is 1. The number of hydrogen-bond donors (Lipinski definition) is 3. The van der Waals surface area contributed by atoms with Crippen LogP contribution in [0.25, 0.3) is 0 Å². The van der Waals surface area contributed by atoms with Gasteiger partial charge in [-0.05, 0) is 39.5 Å². The number of hydrogen-bond acceptors (Lipinski definition) is 4. The van der Waals surface area contributed by atoms with Crippen LogP contribution in [0.4, 0.5) is 4.79 Å². The van der Waals surface area contributed by atoms with Gasteiger partial charge in [0.15, 0.2) is 0 Å². The standard InChI is InChI=1S/C16H32N2O3/c1-15(2,3)21-14(20)17-9-12-7-6-8-13(12)18-10-16(4,5)11-19/h12-13,18-19H,6-11H2,1-5H3,(H,17,20). The van der Waals surface area contributed by atoms with E-state index in [2.05, 4.69) is 10.6 Å². The fourth-order valence-corrected chi connectivity index (χ4v) is 2.54. The molecule has 1 saturated carbocycles. The largest absolute Gasteiger partial charge is 0.444 e. The van der Waals surface area contributed by atoms with E-state index in [1.165, 1.54) is 6.42 Å². The van der Waals surface area contributed by atoms with E-state index < -0.39 is 5.60 Å². The highest BCUT2D eigenvalue weighted by Crippen LogP contribution is 2.26. The summed E-state index contributed by atoms with van der Waals surface area (Å²) in [5.74, 6) is 0.437. The van der Waals surface area contributed by atoms with Crippen molar-refractivity contribution in [2.24, 2.45) is 11.3 Å². The van der Waals surface area contributed by atoms with Crippen molar-refractivity contribution in [2.75, 3.05) is 19.7 Å². The van der Waals surface area contributed by atoms with Gasteiger partial charge >= 0.3 is 6.09 Å². The Morgan fingerprint density at radius 2 is 1.90 bits per heavy atom. The summed E-state index contributed by atoms with van der Waals surface area (Å²) in [5, 5.41) is 15.7. The maximum atomic E-state index is 11.7. The van der Waals surface area contributed by atoms with Gasteiger partial charge in [-0.3, -0.25) is 0 Å². The van der Waals surface area contributed by atoms with Crippen LogP contribution in [0.3, 0.4) is 0 Å². The molecule has 1 amide bonds. The number of carbonyl (C=O) groups is 1. The Hall–Kier alpha value is -0.810. The maximum Gasteiger partial charge on any atom is 0.407 e. The van der Waals surface area contributed by atoms with Crippen LogP contribution in [0.15, 0.2) is 0 Å². The molecule has 2 unspecified atom stereocenters. The lowest BCUT2D eigenvalue weighted by Gasteiger charge is -2.28. The fourth-order valence-electron chi connectivity index (χ4n) is 2.54. The van der Waals surface area contributed by atoms with Crippen LogP contribution in [-0.2, 0) is 4.74 Å². The first-order chi connectivity index (χ1) is 9.63. The lowest BCUT2D eigenvalue weighted by molar-refractivity contribution is 0.0516. The molecule has 0 bridgehead atoms. The van der Waals surface area contributed by atoms with Crippen molar-refractivity contribution in [2.45, 2.75) is 65.5 Å². The van der Waals surface area contributed by atoms with Crippen LogP contribution in [0.2, 0.25) is 0 Å². The lowest BCUT2D eigenvalue weighted by atomic mass is 9.93. The predicted molar refractivity (Wildman–Crippen MR) is 84.2 cm³/mol. The van der Waals surface area contributed by atoms with Crippen LogP contribution in [0.5, 0.6) is 0 Å². The van der Waals surface area contributed by atoms with E-state index in [0.29, 0.717) is 18.5 Å². The summed E-state index contributed by atoms with van der Waals surface area (Å²) >= 11 is 0. The molecule has 1 aliphatic rings. The number of aliphatic hydroxyl groups excluding tert-OH is 1. The molecule has 21 heavy (non-hydrogen) atoms. The van der Waals surface area contributed by atoms with Crippen molar-refractivity contribution in [1.29, 1.82) is 0 Å². The van der Waals surface area contributed by atoms with E-state index in [9.17, 15) is 9.90 Å². The van der Waals surface area contributed by atoms with Gasteiger partial charge in [-0.25, -0.2) is 4.79 Å². The molecular weight excluding hydrogens is 268 g/mol. The number of aliphatic hydroxyl groups is 1. The van der Waals surface area contributed by atoms with Crippen LogP contribution in [0, 0.1) is 11.3 Å². The molecule has 0 saturated heterocycles. The topological polar surface area (TPSA) is 70.6 Å². The van der Waals surface area contributed by atoms with E-state index in [4.69, 9.17) is 4.74 Å². The Morgan fingerprint density at radius 1 is 1.24 bits per heavy atom. The molecule has 2 atom stereocenters. The zero-order valence-electron chi connectivity index (χ0n) is 14.2. The molecule has 1 aliphatic carbocycles. The Morgan fingerprint density at radius 3 is 2.48 bits per heavy atom. The Bertz CT molecular complexity index is 337. The smallest absolute Gasteiger partial charge is 0.407 e. The predicted octanol–water partition coefficient (Wildman–Crippen LogP) is 2.29. The summed E-state index contributed by atoms with van der Waals surface area (Å²) in [7, 11) is 0. The summed E-state index contributed by atoms with van der Waals surface area (Å²) in [6.07, 6.45) is 3.08. The Balaban J connectivity index is 2.35. The maximum absolute atomic E-state index is 11.7. The van der Waals surface area contributed by atoms with Gasteiger partial charge in [0, 0.05) is 31.2 Å². The van der Waals surface area contributed by atoms with Crippen molar-refractivity contribution >= 4 is 6.09 Å². The molecule has 0 aliphatic heterocycles. The highest BCUT2D eigenvalue weighted by molar-refractivity contribution is 5.67. The van der Waals surface area contributed by atoms with Gasteiger partial charge in [0.2, 0.25) is 0 Å². The van der Waals surface area contributed by atoms with E-state index in [0.717, 1.165) is 19.4 Å². The number of rotatable bonds is 6. The molecule has 0 aromatic rings. The number of nitrogens with one attached hydrogen (secondary N) is 2. The van der Waals surface area contributed by atoms with Crippen molar-refractivity contribution in [3.05, 3.63) is 0 Å². The van der Waals surface area contributed by atoms with Crippen molar-refractivity contribution in [3.63, 3.8) is 0 Å². The molecular formula is C16H32N2O3. The highest BCUT2D eigenvalue weighted by atomic mass is 16.6. The van der Waals surface area contributed by atoms with Gasteiger partial charge in [0.05, 0.1) is 0 Å². The second kappa shape index (κ2) is 7.45. The van der Waals surface area contributed by atoms with Gasteiger partial charge in [-0.2, -0.15) is 0 Å². The van der Waals surface area contributed by atoms with Gasteiger partial charge < -0.3 is 20.5 Å². The summed E-state index contributed by atoms with van der Waals surface area (Å²) in [4.78, 5) is 11.7. The lowest BCUT2D eigenvalue weighted by Crippen LogP contribution is -2.44. The average molecular weight is 300 g/mol. The third kappa shape index (κ3) is 7.14. The Labute approximate surface area is 128 Å². The molecule has 0 heterocycles. The molecule has 5 heteroatoms. The number of ether oxygens (including phenoxy) is 1. The highest BCUT2D eigenvalue weighted by Gasteiger charge is 2.29. The molecule has 0 aromatic heterocycles. The first-order valence-electron chi connectivity index (χ1n) is 7.94. The van der Waals surface area contributed by atoms with Gasteiger partial charge in [-0.15, -0.1) is 0 Å². The third-order valence-corrected chi connectivity index (χ3v) is 3.84. The minimum Gasteiger partial charge on any atom is -0.444 e. The molecule has 0 aromatic carbocycles. The van der Waals surface area contributed by atoms with E-state index >= 15 is 0 Å². The van der Waals surface area contributed by atoms with Gasteiger partial charge in [0.1, 0.15) is 5.60 Å². The van der Waals surface area contributed by atoms with E-state index in [-0.39, 0.29) is 18.1 Å². The van der Waals surface area contributed by atoms with Crippen LogP contribution in [-0.4, -0.2) is 42.5 Å². The summed E-state index contributed by atoms with van der Waals surface area (Å²) in [6.45, 7) is 11.3. The van der Waals surface area contributed by atoms with Crippen molar-refractivity contribution in [3.8, 4) is 0 Å². The molecule has 1 fully saturated rings. The number of alkyl carbamates (subject to hydrolysis) is 1. The van der Waals surface area contributed by atoms with E-state index in [1.54, 1.807) is 0 Å². The Kier molecular flexibility index (Phi) is 6.47. The quantitative estimate of drug-likeness (QED) is 0.704. The summed E-state index contributed by atoms with van der Waals surface area (Å²) in [6, 6.07) is 0.408. The average Bonchev–Trinajstić information content (AvgIpc) is 2.79. The van der Waals surface area contributed by atoms with Crippen LogP contribution in [0.1, 0.15) is 53.9 Å². The molecule has 3 N–H and O–H groups in total. The molecule has 0 spiro atoms. The van der Waals surface area contributed by atoms with Gasteiger partial charge in [-0.1, -0.05) is 20.3 Å². The first kappa shape index (κ1) is 18.2. The zero-order valence-corrected chi connectivity index (χ0v) is 14.2. The fraction of sp³-hybridized carbons (Fsp3) is 0.938. The first-order valence-corrected chi connectivity index (χ1v) is 7.94. The summed E-state index contributed by atoms with van der Waals surface area (Å²) in [5.41, 5.74) is -0.561. The summed E-state index contributed by atoms with van der Waals surface area (Å²) < 4.78 is 5.26. The van der Waals surface area contributed by atoms with Crippen LogP contribution >= 0.6 is 0 Å². The van der Waals surface area contributed by atoms with Crippen molar-refractivity contribution in [1.82, 2.24) is 10.6 Å². The second-order valence-corrected chi connectivity index (χ2v) is 7.88. The van der Waals surface area contributed by atoms with Gasteiger partial charge in [0.25, 0.3) is 0 Å². The minimum atomic E-state index is -0.456. The SMILES string of the molecule is CC(C)(CO)CNC1CCCC1CNC(=O)OC(C)(C)C. The molecule has 1 rings (SSSR count). The van der Waals surface area contributed by atoms with E-state index in [1.807, 2.05) is 34.6 Å². The number of carbonyl (C=O) groups excluding carboxylic acids is 1. The minimum absolute atomic E-state index is 0.105.